The Labute approximate surface area is 192 Å². The molecule has 7 nitrogen and oxygen atoms in total. The first kappa shape index (κ1) is 20.9. The number of hydrogen-bond donors (Lipinski definition) is 2. The molecule has 7 heteroatoms. The molecule has 5 rings (SSSR count). The fourth-order valence-electron chi connectivity index (χ4n) is 3.94. The predicted molar refractivity (Wildman–Crippen MR) is 126 cm³/mol. The second-order valence-electron chi connectivity index (χ2n) is 8.13. The summed E-state index contributed by atoms with van der Waals surface area (Å²) >= 11 is 0. The number of hydrogen-bond acceptors (Lipinski definition) is 4. The minimum atomic E-state index is -0.216. The summed E-state index contributed by atoms with van der Waals surface area (Å²) in [7, 11) is 0. The van der Waals surface area contributed by atoms with Gasteiger partial charge in [-0.1, -0.05) is 42.5 Å². The van der Waals surface area contributed by atoms with Crippen molar-refractivity contribution >= 4 is 17.1 Å². The maximum absolute atomic E-state index is 12.4. The topological polar surface area (TPSA) is 77.4 Å². The summed E-state index contributed by atoms with van der Waals surface area (Å²) in [6.45, 7) is 4.25. The first-order chi connectivity index (χ1) is 16.2. The van der Waals surface area contributed by atoms with Crippen molar-refractivity contribution in [3.05, 3.63) is 89.7 Å². The Morgan fingerprint density at radius 3 is 2.61 bits per heavy atom. The number of rotatable bonds is 6. The van der Waals surface area contributed by atoms with E-state index in [9.17, 15) is 4.79 Å². The Morgan fingerprint density at radius 2 is 1.76 bits per heavy atom. The van der Waals surface area contributed by atoms with Gasteiger partial charge in [-0.2, -0.15) is 0 Å². The van der Waals surface area contributed by atoms with Crippen LogP contribution in [0.4, 0.5) is 4.79 Å². The van der Waals surface area contributed by atoms with E-state index in [-0.39, 0.29) is 12.1 Å². The number of benzene rings is 3. The summed E-state index contributed by atoms with van der Waals surface area (Å²) in [5.41, 5.74) is 5.29. The molecule has 0 aliphatic carbocycles. The monoisotopic (exact) mass is 442 g/mol. The van der Waals surface area contributed by atoms with Crippen LogP contribution in [0.1, 0.15) is 29.7 Å². The van der Waals surface area contributed by atoms with Crippen LogP contribution in [-0.2, 0) is 13.1 Å². The van der Waals surface area contributed by atoms with Crippen LogP contribution >= 0.6 is 0 Å². The average Bonchev–Trinajstić information content (AvgIpc) is 3.26. The Bertz CT molecular complexity index is 1270. The van der Waals surface area contributed by atoms with Crippen LogP contribution in [0.15, 0.2) is 73.1 Å². The third kappa shape index (κ3) is 4.77. The van der Waals surface area contributed by atoms with E-state index in [0.717, 1.165) is 40.2 Å². The number of nitrogens with zero attached hydrogens (tertiary/aromatic N) is 2. The van der Waals surface area contributed by atoms with Gasteiger partial charge in [-0.05, 0) is 47.9 Å². The molecule has 1 aromatic heterocycles. The standard InChI is InChI=1S/C26H26N4O3/c1-18(21-10-11-24-25(14-21)33-13-12-32-24)29-26(31)27-15-19-6-8-20(9-7-19)16-30-17-28-22-4-2-3-5-23(22)30/h2-11,14,17-18H,12-13,15-16H2,1H3,(H2,27,29,31). The Hall–Kier alpha value is -4.00. The van der Waals surface area contributed by atoms with Gasteiger partial charge >= 0.3 is 6.03 Å². The van der Waals surface area contributed by atoms with Crippen molar-refractivity contribution in [1.82, 2.24) is 20.2 Å². The minimum absolute atomic E-state index is 0.159. The van der Waals surface area contributed by atoms with Crippen molar-refractivity contribution in [1.29, 1.82) is 0 Å². The van der Waals surface area contributed by atoms with E-state index in [4.69, 9.17) is 9.47 Å². The summed E-state index contributed by atoms with van der Waals surface area (Å²) in [6.07, 6.45) is 1.87. The van der Waals surface area contributed by atoms with Crippen LogP contribution in [0.2, 0.25) is 0 Å². The maximum atomic E-state index is 12.4. The van der Waals surface area contributed by atoms with E-state index in [2.05, 4.69) is 38.4 Å². The second-order valence-corrected chi connectivity index (χ2v) is 8.13. The SMILES string of the molecule is CC(NC(=O)NCc1ccc(Cn2cnc3ccccc32)cc1)c1ccc2c(c1)OCCO2. The number of ether oxygens (including phenoxy) is 2. The van der Waals surface area contributed by atoms with E-state index in [1.807, 2.05) is 61.8 Å². The number of fused-ring (bicyclic) bond motifs is 2. The van der Waals surface area contributed by atoms with Crippen LogP contribution in [-0.4, -0.2) is 28.8 Å². The molecule has 0 bridgehead atoms. The van der Waals surface area contributed by atoms with E-state index >= 15 is 0 Å². The molecule has 33 heavy (non-hydrogen) atoms. The lowest BCUT2D eigenvalue weighted by Crippen LogP contribution is -2.36. The summed E-state index contributed by atoms with van der Waals surface area (Å²) < 4.78 is 13.3. The Balaban J connectivity index is 1.14. The first-order valence-corrected chi connectivity index (χ1v) is 11.1. The van der Waals surface area contributed by atoms with Crippen LogP contribution in [0.3, 0.4) is 0 Å². The largest absolute Gasteiger partial charge is 0.486 e. The number of aromatic nitrogens is 2. The highest BCUT2D eigenvalue weighted by molar-refractivity contribution is 5.75. The number of carbonyl (C=O) groups excluding carboxylic acids is 1. The lowest BCUT2D eigenvalue weighted by Gasteiger charge is -2.21. The summed E-state index contributed by atoms with van der Waals surface area (Å²) in [6, 6.07) is 21.7. The van der Waals surface area contributed by atoms with Gasteiger partial charge in [-0.25, -0.2) is 9.78 Å². The molecule has 0 fully saturated rings. The number of nitrogens with one attached hydrogen (secondary N) is 2. The van der Waals surface area contributed by atoms with Gasteiger partial charge in [0, 0.05) is 13.1 Å². The number of amides is 2. The summed E-state index contributed by atoms with van der Waals surface area (Å²) in [5, 5.41) is 5.90. The molecule has 1 atom stereocenters. The zero-order chi connectivity index (χ0) is 22.6. The second kappa shape index (κ2) is 9.24. The van der Waals surface area contributed by atoms with E-state index < -0.39 is 0 Å². The van der Waals surface area contributed by atoms with E-state index in [1.165, 1.54) is 5.56 Å². The fourth-order valence-corrected chi connectivity index (χ4v) is 3.94. The van der Waals surface area contributed by atoms with Gasteiger partial charge in [0.1, 0.15) is 13.2 Å². The molecule has 1 aliphatic rings. The van der Waals surface area contributed by atoms with Gasteiger partial charge in [-0.3, -0.25) is 0 Å². The average molecular weight is 443 g/mol. The van der Waals surface area contributed by atoms with Gasteiger partial charge < -0.3 is 24.7 Å². The van der Waals surface area contributed by atoms with Crippen molar-refractivity contribution in [2.45, 2.75) is 26.1 Å². The van der Waals surface area contributed by atoms with E-state index in [1.54, 1.807) is 0 Å². The normalized spacial score (nSPS) is 13.5. The summed E-state index contributed by atoms with van der Waals surface area (Å²) in [5.74, 6) is 1.46. The zero-order valence-electron chi connectivity index (χ0n) is 18.5. The molecule has 0 saturated heterocycles. The van der Waals surface area contributed by atoms with E-state index in [0.29, 0.717) is 19.8 Å². The molecule has 2 amide bonds. The number of imidazole rings is 1. The fraction of sp³-hybridized carbons (Fsp3) is 0.231. The van der Waals surface area contributed by atoms with Gasteiger partial charge in [-0.15, -0.1) is 0 Å². The molecule has 0 spiro atoms. The maximum Gasteiger partial charge on any atom is 0.315 e. The number of para-hydroxylation sites is 2. The smallest absolute Gasteiger partial charge is 0.315 e. The molecule has 2 heterocycles. The highest BCUT2D eigenvalue weighted by Crippen LogP contribution is 2.32. The van der Waals surface area contributed by atoms with Gasteiger partial charge in [0.25, 0.3) is 0 Å². The Morgan fingerprint density at radius 1 is 1.00 bits per heavy atom. The van der Waals surface area contributed by atoms with Crippen LogP contribution < -0.4 is 20.1 Å². The number of carbonyl (C=O) groups is 1. The molecule has 3 aromatic carbocycles. The van der Waals surface area contributed by atoms with Crippen LogP contribution in [0.5, 0.6) is 11.5 Å². The first-order valence-electron chi connectivity index (χ1n) is 11.1. The third-order valence-electron chi connectivity index (χ3n) is 5.77. The molecular weight excluding hydrogens is 416 g/mol. The quantitative estimate of drug-likeness (QED) is 0.464. The van der Waals surface area contributed by atoms with Crippen molar-refractivity contribution in [3.8, 4) is 11.5 Å². The molecule has 0 radical (unpaired) electrons. The van der Waals surface area contributed by atoms with Gasteiger partial charge in [0.15, 0.2) is 11.5 Å². The van der Waals surface area contributed by atoms with Gasteiger partial charge in [0.05, 0.1) is 23.4 Å². The van der Waals surface area contributed by atoms with Crippen molar-refractivity contribution in [2.24, 2.45) is 0 Å². The molecule has 168 valence electrons. The predicted octanol–water partition coefficient (Wildman–Crippen LogP) is 4.42. The molecule has 2 N–H and O–H groups in total. The van der Waals surface area contributed by atoms with Crippen molar-refractivity contribution in [2.75, 3.05) is 13.2 Å². The zero-order valence-corrected chi connectivity index (χ0v) is 18.5. The molecule has 1 unspecified atom stereocenters. The highest BCUT2D eigenvalue weighted by atomic mass is 16.6. The molecule has 0 saturated carbocycles. The summed E-state index contributed by atoms with van der Waals surface area (Å²) in [4.78, 5) is 16.8. The lowest BCUT2D eigenvalue weighted by atomic mass is 10.1. The highest BCUT2D eigenvalue weighted by Gasteiger charge is 2.15. The minimum Gasteiger partial charge on any atom is -0.486 e. The molecule has 1 aliphatic heterocycles. The van der Waals surface area contributed by atoms with Crippen molar-refractivity contribution < 1.29 is 14.3 Å². The molecular formula is C26H26N4O3. The van der Waals surface area contributed by atoms with Crippen molar-refractivity contribution in [3.63, 3.8) is 0 Å². The van der Waals surface area contributed by atoms with Crippen LogP contribution in [0.25, 0.3) is 11.0 Å². The molecule has 4 aromatic rings. The number of urea groups is 1. The lowest BCUT2D eigenvalue weighted by molar-refractivity contribution is 0.171. The van der Waals surface area contributed by atoms with Crippen LogP contribution in [0, 0.1) is 0 Å². The van der Waals surface area contributed by atoms with Gasteiger partial charge in [0.2, 0.25) is 0 Å². The Kier molecular flexibility index (Phi) is 5.85. The third-order valence-corrected chi connectivity index (χ3v) is 5.77.